The summed E-state index contributed by atoms with van der Waals surface area (Å²) < 4.78 is 0. The quantitative estimate of drug-likeness (QED) is 0.742. The number of hydrogen-bond donors (Lipinski definition) is 0. The standard InChI is InChI=1S/C15H26N2OS/c1-16(2)11-14-12-19-10-6-9-17(14)15(18)13-7-4-3-5-8-13/h3-4,13-14H,5-12H2,1-2H3/t13-,14+/m1/s1. The van der Waals surface area contributed by atoms with Crippen LogP contribution in [-0.2, 0) is 4.79 Å². The average molecular weight is 282 g/mol. The van der Waals surface area contributed by atoms with Gasteiger partial charge in [0.05, 0.1) is 6.04 Å². The van der Waals surface area contributed by atoms with Gasteiger partial charge < -0.3 is 9.80 Å². The van der Waals surface area contributed by atoms with Crippen molar-refractivity contribution in [1.82, 2.24) is 9.80 Å². The van der Waals surface area contributed by atoms with E-state index in [9.17, 15) is 4.79 Å². The van der Waals surface area contributed by atoms with Crippen LogP contribution in [0.15, 0.2) is 12.2 Å². The minimum atomic E-state index is 0.234. The first-order valence-corrected chi connectivity index (χ1v) is 8.52. The fourth-order valence-corrected chi connectivity index (χ4v) is 4.00. The van der Waals surface area contributed by atoms with E-state index in [1.807, 2.05) is 11.8 Å². The Kier molecular flexibility index (Phi) is 5.76. The van der Waals surface area contributed by atoms with Crippen LogP contribution in [-0.4, -0.2) is 60.4 Å². The average Bonchev–Trinajstić information content (AvgIpc) is 2.64. The van der Waals surface area contributed by atoms with E-state index in [4.69, 9.17) is 0 Å². The Hall–Kier alpha value is -0.480. The first kappa shape index (κ1) is 14.9. The van der Waals surface area contributed by atoms with Crippen LogP contribution >= 0.6 is 11.8 Å². The molecule has 0 aromatic rings. The van der Waals surface area contributed by atoms with Gasteiger partial charge in [0.25, 0.3) is 0 Å². The molecule has 3 nitrogen and oxygen atoms in total. The van der Waals surface area contributed by atoms with Crippen LogP contribution in [0.1, 0.15) is 25.7 Å². The van der Waals surface area contributed by atoms with Crippen LogP contribution in [0.5, 0.6) is 0 Å². The van der Waals surface area contributed by atoms with Crippen molar-refractivity contribution in [2.75, 3.05) is 38.7 Å². The van der Waals surface area contributed by atoms with Crippen LogP contribution in [0.3, 0.4) is 0 Å². The van der Waals surface area contributed by atoms with Crippen LogP contribution in [0.4, 0.5) is 0 Å². The van der Waals surface area contributed by atoms with Gasteiger partial charge in [0.15, 0.2) is 0 Å². The third-order valence-corrected chi connectivity index (χ3v) is 5.11. The Morgan fingerprint density at radius 2 is 2.26 bits per heavy atom. The largest absolute Gasteiger partial charge is 0.337 e. The van der Waals surface area contributed by atoms with Crippen molar-refractivity contribution in [2.24, 2.45) is 5.92 Å². The van der Waals surface area contributed by atoms with E-state index >= 15 is 0 Å². The zero-order valence-corrected chi connectivity index (χ0v) is 13.0. The Morgan fingerprint density at radius 3 is 2.95 bits per heavy atom. The van der Waals surface area contributed by atoms with Crippen LogP contribution in [0.2, 0.25) is 0 Å². The Bertz CT molecular complexity index is 330. The second kappa shape index (κ2) is 7.34. The van der Waals surface area contributed by atoms with E-state index in [0.717, 1.165) is 44.5 Å². The van der Waals surface area contributed by atoms with Gasteiger partial charge in [0.1, 0.15) is 0 Å². The lowest BCUT2D eigenvalue weighted by molar-refractivity contribution is -0.138. The summed E-state index contributed by atoms with van der Waals surface area (Å²) >= 11 is 2.00. The van der Waals surface area contributed by atoms with Crippen LogP contribution < -0.4 is 0 Å². The number of allylic oxidation sites excluding steroid dienone is 2. The van der Waals surface area contributed by atoms with Crippen LogP contribution in [0, 0.1) is 5.92 Å². The minimum absolute atomic E-state index is 0.234. The van der Waals surface area contributed by atoms with Gasteiger partial charge in [-0.15, -0.1) is 0 Å². The molecule has 2 atom stereocenters. The molecule has 2 aliphatic rings. The molecule has 0 N–H and O–H groups in total. The summed E-state index contributed by atoms with van der Waals surface area (Å²) in [4.78, 5) is 17.2. The number of likely N-dealkylation sites (N-methyl/N-ethyl adjacent to an activating group) is 1. The topological polar surface area (TPSA) is 23.6 Å². The van der Waals surface area contributed by atoms with Gasteiger partial charge in [-0.3, -0.25) is 4.79 Å². The molecule has 4 heteroatoms. The van der Waals surface area contributed by atoms with E-state index in [1.54, 1.807) is 0 Å². The number of thioether (sulfide) groups is 1. The predicted octanol–water partition coefficient (Wildman–Crippen LogP) is 2.24. The summed E-state index contributed by atoms with van der Waals surface area (Å²) in [5.41, 5.74) is 0. The zero-order valence-electron chi connectivity index (χ0n) is 12.2. The molecule has 2 rings (SSSR count). The minimum Gasteiger partial charge on any atom is -0.337 e. The summed E-state index contributed by atoms with van der Waals surface area (Å²) in [6, 6.07) is 0.390. The molecule has 1 aliphatic heterocycles. The van der Waals surface area contributed by atoms with Gasteiger partial charge in [-0.2, -0.15) is 11.8 Å². The second-order valence-corrected chi connectivity index (χ2v) is 7.01. The first-order chi connectivity index (χ1) is 9.18. The summed E-state index contributed by atoms with van der Waals surface area (Å²) in [6.45, 7) is 1.94. The van der Waals surface area contributed by atoms with Crippen LogP contribution in [0.25, 0.3) is 0 Å². The highest BCUT2D eigenvalue weighted by atomic mass is 32.2. The van der Waals surface area contributed by atoms with Gasteiger partial charge in [0, 0.05) is 24.8 Å². The van der Waals surface area contributed by atoms with Crippen molar-refractivity contribution in [3.8, 4) is 0 Å². The number of hydrogen-bond acceptors (Lipinski definition) is 3. The molecule has 19 heavy (non-hydrogen) atoms. The molecule has 0 saturated carbocycles. The lowest BCUT2D eigenvalue weighted by atomic mass is 9.92. The molecule has 0 aromatic carbocycles. The molecule has 0 radical (unpaired) electrons. The highest BCUT2D eigenvalue weighted by molar-refractivity contribution is 7.99. The normalized spacial score (nSPS) is 28.5. The lowest BCUT2D eigenvalue weighted by Gasteiger charge is -2.34. The second-order valence-electron chi connectivity index (χ2n) is 5.86. The molecule has 1 heterocycles. The van der Waals surface area contributed by atoms with Gasteiger partial charge in [-0.1, -0.05) is 12.2 Å². The molecule has 1 aliphatic carbocycles. The highest BCUT2D eigenvalue weighted by Gasteiger charge is 2.30. The fourth-order valence-electron chi connectivity index (χ4n) is 2.94. The van der Waals surface area contributed by atoms with E-state index in [-0.39, 0.29) is 5.92 Å². The fraction of sp³-hybridized carbons (Fsp3) is 0.800. The van der Waals surface area contributed by atoms with E-state index < -0.39 is 0 Å². The summed E-state index contributed by atoms with van der Waals surface area (Å²) in [7, 11) is 4.20. The van der Waals surface area contributed by atoms with Gasteiger partial charge in [0.2, 0.25) is 5.91 Å². The molecule has 1 fully saturated rings. The third-order valence-electron chi connectivity index (χ3n) is 3.92. The number of amides is 1. The Balaban J connectivity index is 2.03. The molecular weight excluding hydrogens is 256 g/mol. The van der Waals surface area contributed by atoms with Crippen molar-refractivity contribution in [3.63, 3.8) is 0 Å². The summed E-state index contributed by atoms with van der Waals surface area (Å²) in [5.74, 6) is 2.92. The molecule has 0 unspecified atom stereocenters. The molecule has 1 saturated heterocycles. The monoisotopic (exact) mass is 282 g/mol. The molecule has 108 valence electrons. The molecule has 0 aromatic heterocycles. The number of nitrogens with zero attached hydrogens (tertiary/aromatic N) is 2. The predicted molar refractivity (Wildman–Crippen MR) is 82.5 cm³/mol. The van der Waals surface area contributed by atoms with Gasteiger partial charge in [-0.25, -0.2) is 0 Å². The first-order valence-electron chi connectivity index (χ1n) is 7.36. The maximum absolute atomic E-state index is 12.8. The van der Waals surface area contributed by atoms with Crippen molar-refractivity contribution < 1.29 is 4.79 Å². The number of carbonyl (C=O) groups excluding carboxylic acids is 1. The summed E-state index contributed by atoms with van der Waals surface area (Å²) in [5, 5.41) is 0. The SMILES string of the molecule is CN(C)C[C@H]1CSCCCN1C(=O)[C@@H]1CC=CCC1. The molecule has 0 bridgehead atoms. The Labute approximate surface area is 121 Å². The van der Waals surface area contributed by atoms with E-state index in [2.05, 4.69) is 36.0 Å². The van der Waals surface area contributed by atoms with Gasteiger partial charge in [-0.05, 0) is 45.5 Å². The Morgan fingerprint density at radius 1 is 1.42 bits per heavy atom. The highest BCUT2D eigenvalue weighted by Crippen LogP contribution is 2.24. The van der Waals surface area contributed by atoms with Crippen molar-refractivity contribution in [1.29, 1.82) is 0 Å². The lowest BCUT2D eigenvalue weighted by Crippen LogP contribution is -2.49. The smallest absolute Gasteiger partial charge is 0.226 e. The third kappa shape index (κ3) is 4.25. The zero-order chi connectivity index (χ0) is 13.7. The molecule has 0 spiro atoms. The van der Waals surface area contributed by atoms with E-state index in [0.29, 0.717) is 11.9 Å². The summed E-state index contributed by atoms with van der Waals surface area (Å²) in [6.07, 6.45) is 8.57. The van der Waals surface area contributed by atoms with Crippen molar-refractivity contribution >= 4 is 17.7 Å². The van der Waals surface area contributed by atoms with Crippen molar-refractivity contribution in [3.05, 3.63) is 12.2 Å². The van der Waals surface area contributed by atoms with Gasteiger partial charge >= 0.3 is 0 Å². The van der Waals surface area contributed by atoms with Crippen molar-refractivity contribution in [2.45, 2.75) is 31.7 Å². The molecule has 1 amide bonds. The maximum atomic E-state index is 12.8. The number of carbonyl (C=O) groups is 1. The maximum Gasteiger partial charge on any atom is 0.226 e. The molecular formula is C15H26N2OS. The number of rotatable bonds is 3. The van der Waals surface area contributed by atoms with E-state index in [1.165, 1.54) is 5.75 Å².